The molecule has 0 saturated carbocycles. The van der Waals surface area contributed by atoms with Crippen LogP contribution < -0.4 is 21.3 Å². The molecule has 10 aromatic rings. The van der Waals surface area contributed by atoms with Gasteiger partial charge in [0.1, 0.15) is 55.0 Å². The molecular formula is C56H48N18O20S6. The Hall–Kier alpha value is -11.0. The van der Waals surface area contributed by atoms with E-state index in [0.29, 0.717) is 25.9 Å². The van der Waals surface area contributed by atoms with Gasteiger partial charge in [-0.05, 0) is 163 Å². The van der Waals surface area contributed by atoms with E-state index in [2.05, 4.69) is 92.1 Å². The minimum Gasteiger partial charge on any atom is -0.505 e. The molecule has 2 aromatic heterocycles. The second-order valence-corrected chi connectivity index (χ2v) is 29.4. The van der Waals surface area contributed by atoms with Crippen LogP contribution in [0.25, 0.3) is 21.5 Å². The summed E-state index contributed by atoms with van der Waals surface area (Å²) in [4.78, 5) is 20.9. The third kappa shape index (κ3) is 18.0. The van der Waals surface area contributed by atoms with Gasteiger partial charge in [-0.3, -0.25) is 27.3 Å². The van der Waals surface area contributed by atoms with Gasteiger partial charge < -0.3 is 31.5 Å². The predicted octanol–water partition coefficient (Wildman–Crippen LogP) is 11.3. The summed E-state index contributed by atoms with van der Waals surface area (Å²) in [5.41, 5.74) is -2.31. The van der Waals surface area contributed by atoms with Gasteiger partial charge in [0.25, 0.3) is 60.7 Å². The zero-order valence-electron chi connectivity index (χ0n) is 50.4. The lowest BCUT2D eigenvalue weighted by molar-refractivity contribution is 0.471. The van der Waals surface area contributed by atoms with Gasteiger partial charge in [-0.25, -0.2) is 19.9 Å². The number of aromatic hydroxyl groups is 2. The first-order chi connectivity index (χ1) is 47.0. The molecule has 0 saturated heterocycles. The number of aromatic nitrogens is 6. The van der Waals surface area contributed by atoms with Crippen molar-refractivity contribution in [2.24, 2.45) is 46.8 Å². The number of hydrogen-bond acceptors (Lipinski definition) is 32. The second kappa shape index (κ2) is 28.8. The first-order valence-electron chi connectivity index (χ1n) is 28.0. The highest BCUT2D eigenvalue weighted by molar-refractivity contribution is 7.87. The topological polar surface area (TPSA) is 591 Å². The molecule has 38 nitrogen and oxygen atoms in total. The van der Waals surface area contributed by atoms with E-state index >= 15 is 0 Å². The van der Waals surface area contributed by atoms with E-state index in [0.717, 1.165) is 60.7 Å². The molecule has 0 fully saturated rings. The van der Waals surface area contributed by atoms with Crippen molar-refractivity contribution >= 4 is 163 Å². The lowest BCUT2D eigenvalue weighted by Crippen LogP contribution is -2.15. The monoisotopic (exact) mass is 1480 g/mol. The minimum absolute atomic E-state index is 0.00170. The number of fused-ring (bicyclic) bond motifs is 2. The summed E-state index contributed by atoms with van der Waals surface area (Å²) in [6.07, 6.45) is 3.76. The minimum atomic E-state index is -5.17. The maximum atomic E-state index is 12.7. The molecule has 0 aliphatic heterocycles. The molecular weight excluding hydrogens is 1440 g/mol. The Morgan fingerprint density at radius 2 is 0.760 bits per heavy atom. The third-order valence-corrected chi connectivity index (χ3v) is 19.1. The van der Waals surface area contributed by atoms with E-state index in [1.54, 1.807) is 0 Å². The summed E-state index contributed by atoms with van der Waals surface area (Å²) in [7, 11) is -29.5. The summed E-state index contributed by atoms with van der Waals surface area (Å²) in [5.74, 6) is -1.09. The molecule has 0 bridgehead atoms. The molecule has 1 atom stereocenters. The molecule has 10 rings (SSSR count). The Morgan fingerprint density at radius 1 is 0.390 bits per heavy atom. The first-order valence-corrected chi connectivity index (χ1v) is 36.7. The fourth-order valence-electron chi connectivity index (χ4n) is 9.12. The Balaban J connectivity index is 0.736. The molecule has 2 heterocycles. The highest BCUT2D eigenvalue weighted by Crippen LogP contribution is 2.45. The molecule has 0 aliphatic rings. The van der Waals surface area contributed by atoms with Gasteiger partial charge in [0, 0.05) is 35.2 Å². The lowest BCUT2D eigenvalue weighted by atomic mass is 10.1. The normalized spacial score (nSPS) is 13.1. The van der Waals surface area contributed by atoms with E-state index in [1.807, 2.05) is 6.92 Å². The number of phenolic OH excluding ortho intramolecular Hbond substituents is 2. The number of benzene rings is 8. The molecule has 12 N–H and O–H groups in total. The fraction of sp³-hybridized carbons (Fsp3) is 0.107. The molecule has 0 amide bonds. The summed E-state index contributed by atoms with van der Waals surface area (Å²) < 4.78 is 205. The summed E-state index contributed by atoms with van der Waals surface area (Å²) >= 11 is 0. The molecule has 1 unspecified atom stereocenters. The Bertz CT molecular complexity index is 5750. The number of anilines is 6. The van der Waals surface area contributed by atoms with Crippen molar-refractivity contribution in [1.82, 2.24) is 29.9 Å². The average molecular weight is 1490 g/mol. The van der Waals surface area contributed by atoms with Crippen molar-refractivity contribution in [2.75, 3.05) is 34.4 Å². The van der Waals surface area contributed by atoms with E-state index < -0.39 is 124 Å². The lowest BCUT2D eigenvalue weighted by Gasteiger charge is -2.14. The zero-order chi connectivity index (χ0) is 72.1. The average Bonchev–Trinajstić information content (AvgIpc) is 0.766. The van der Waals surface area contributed by atoms with Gasteiger partial charge >= 0.3 is 0 Å². The number of nitrogens with one attached hydrogen (secondary N) is 4. The molecule has 0 aliphatic carbocycles. The van der Waals surface area contributed by atoms with Gasteiger partial charge in [-0.1, -0.05) is 6.92 Å². The van der Waals surface area contributed by atoms with Crippen LogP contribution in [0.15, 0.2) is 216 Å². The van der Waals surface area contributed by atoms with Crippen molar-refractivity contribution in [3.63, 3.8) is 0 Å². The zero-order valence-corrected chi connectivity index (χ0v) is 55.3. The van der Waals surface area contributed by atoms with Crippen molar-refractivity contribution < 1.29 is 88.0 Å². The quantitative estimate of drug-likeness (QED) is 0.0136. The highest BCUT2D eigenvalue weighted by Gasteiger charge is 2.26. The van der Waals surface area contributed by atoms with E-state index in [4.69, 9.17) is 0 Å². The van der Waals surface area contributed by atoms with Gasteiger partial charge in [0.2, 0.25) is 23.8 Å². The van der Waals surface area contributed by atoms with Crippen molar-refractivity contribution in [1.29, 1.82) is 0 Å². The van der Waals surface area contributed by atoms with Crippen LogP contribution >= 0.6 is 0 Å². The Labute approximate surface area is 565 Å². The van der Waals surface area contributed by atoms with Crippen molar-refractivity contribution in [3.8, 4) is 11.5 Å². The molecule has 8 aromatic carbocycles. The van der Waals surface area contributed by atoms with Crippen LogP contribution in [-0.2, 0) is 60.7 Å². The number of azo groups is 4. The van der Waals surface area contributed by atoms with Gasteiger partial charge in [0.15, 0.2) is 11.5 Å². The molecule has 100 heavy (non-hydrogen) atoms. The smallest absolute Gasteiger partial charge is 0.296 e. The van der Waals surface area contributed by atoms with Crippen LogP contribution in [0, 0.1) is 5.92 Å². The molecule has 518 valence electrons. The van der Waals surface area contributed by atoms with Crippen LogP contribution in [0.1, 0.15) is 19.8 Å². The summed E-state index contributed by atoms with van der Waals surface area (Å²) in [5, 5.41) is 65.4. The number of hydrogen-bond donors (Lipinski definition) is 12. The molecule has 0 spiro atoms. The summed E-state index contributed by atoms with van der Waals surface area (Å²) in [6, 6.07) is 25.4. The number of rotatable bonds is 26. The van der Waals surface area contributed by atoms with Crippen LogP contribution in [0.3, 0.4) is 0 Å². The largest absolute Gasteiger partial charge is 0.505 e. The highest BCUT2D eigenvalue weighted by atomic mass is 32.2. The van der Waals surface area contributed by atoms with Crippen molar-refractivity contribution in [2.45, 2.75) is 49.1 Å². The standard InChI is InChI=1S/C56H48N18O20S6/c1-30(27-58-54-60-29-62-56(66-54)64-36-9-17-42-32(22-36)24-48(100(92,93)94)50(52(42)76)74-72-44-19-11-38(26-46(44)98(86,87)88)70-68-34-6-14-40(15-7-34)96(80,81)82)3-2-20-57-53-59-28-61-55(65-53)63-35-8-16-41-31(21-35)23-47(99(89,90)91)49(51(41)75)73-71-43-18-10-37(25-45(43)97(83,84)85)69-67-33-4-12-39(13-5-33)95(77,78)79/h4-19,21-26,28-30,75-76H,2-3,20,27H2,1H3,(H,77,78,79)(H,80,81,82)(H,83,84,85)(H,86,87,88)(H,89,90,91)(H,92,93,94)(H2,57,59,61,63,65)(H2,58,60,62,64,66). The van der Waals surface area contributed by atoms with E-state index in [1.165, 1.54) is 85.5 Å². The first kappa shape index (κ1) is 71.7. The summed E-state index contributed by atoms with van der Waals surface area (Å²) in [6.45, 7) is 2.79. The number of nitrogens with zero attached hydrogens (tertiary/aromatic N) is 14. The maximum Gasteiger partial charge on any atom is 0.296 e. The van der Waals surface area contributed by atoms with Gasteiger partial charge in [-0.15, -0.1) is 20.5 Å². The van der Waals surface area contributed by atoms with Crippen LogP contribution in [0.5, 0.6) is 11.5 Å². The number of phenols is 2. The predicted molar refractivity (Wildman–Crippen MR) is 354 cm³/mol. The van der Waals surface area contributed by atoms with Crippen molar-refractivity contribution in [3.05, 3.63) is 146 Å². The Kier molecular flexibility index (Phi) is 20.7. The fourth-order valence-corrected chi connectivity index (χ4v) is 12.7. The van der Waals surface area contributed by atoms with Crippen LogP contribution in [0.2, 0.25) is 0 Å². The van der Waals surface area contributed by atoms with Crippen LogP contribution in [0.4, 0.5) is 80.7 Å². The van der Waals surface area contributed by atoms with Crippen LogP contribution in [-0.4, -0.2) is 131 Å². The third-order valence-electron chi connectivity index (χ3n) is 13.9. The second-order valence-electron chi connectivity index (χ2n) is 21.0. The SMILES string of the molecule is CC(CCCNc1ncnc(Nc2ccc3c(O)c(N=Nc4ccc(N=Nc5ccc(S(=O)(=O)O)cc5)cc4S(=O)(=O)O)c(S(=O)(=O)O)cc3c2)n1)CNc1ncnc(Nc2ccc3c(O)c(N=Nc4ccc(N=Nc5ccc(S(=O)(=O)O)cc5)cc4S(=O)(=O)O)c(S(=O)(=O)O)cc3c2)n1. The van der Waals surface area contributed by atoms with Gasteiger partial charge in [0.05, 0.1) is 32.5 Å². The maximum absolute atomic E-state index is 12.7. The van der Waals surface area contributed by atoms with E-state index in [9.17, 15) is 88.0 Å². The molecule has 0 radical (unpaired) electrons. The molecule has 44 heteroatoms. The Morgan fingerprint density at radius 3 is 1.15 bits per heavy atom. The van der Waals surface area contributed by atoms with Gasteiger partial charge in [-0.2, -0.15) is 80.9 Å². The van der Waals surface area contributed by atoms with E-state index in [-0.39, 0.29) is 85.4 Å².